The highest BCUT2D eigenvalue weighted by atomic mass is 16.5. The van der Waals surface area contributed by atoms with E-state index in [-0.39, 0.29) is 17.4 Å². The fraction of sp³-hybridized carbons (Fsp3) is 0.900. The van der Waals surface area contributed by atoms with E-state index >= 15 is 0 Å². The van der Waals surface area contributed by atoms with Gasteiger partial charge in [-0.15, -0.1) is 0 Å². The Kier molecular flexibility index (Phi) is 9.34. The van der Waals surface area contributed by atoms with Crippen LogP contribution >= 0.6 is 0 Å². The second-order valence-corrected chi connectivity index (χ2v) is 7.87. The molecule has 1 amide bonds. The van der Waals surface area contributed by atoms with Gasteiger partial charge in [0.25, 0.3) is 0 Å². The molecule has 0 radical (unpaired) electrons. The average molecular weight is 383 g/mol. The van der Waals surface area contributed by atoms with Crippen molar-refractivity contribution in [3.8, 4) is 0 Å². The molecule has 2 rings (SSSR count). The summed E-state index contributed by atoms with van der Waals surface area (Å²) in [5.74, 6) is 0.997. The highest BCUT2D eigenvalue weighted by Gasteiger charge is 2.42. The fourth-order valence-electron chi connectivity index (χ4n) is 3.91. The largest absolute Gasteiger partial charge is 0.379 e. The molecule has 2 fully saturated rings. The molecule has 0 spiro atoms. The lowest BCUT2D eigenvalue weighted by Gasteiger charge is -2.29. The van der Waals surface area contributed by atoms with Gasteiger partial charge < -0.3 is 25.0 Å². The third-order valence-electron chi connectivity index (χ3n) is 5.39. The van der Waals surface area contributed by atoms with E-state index < -0.39 is 0 Å². The molecule has 1 unspecified atom stereocenters. The van der Waals surface area contributed by atoms with Gasteiger partial charge in [-0.3, -0.25) is 9.79 Å². The van der Waals surface area contributed by atoms with E-state index in [4.69, 9.17) is 14.5 Å². The van der Waals surface area contributed by atoms with Crippen molar-refractivity contribution in [1.29, 1.82) is 0 Å². The Bertz CT molecular complexity index is 470. The van der Waals surface area contributed by atoms with E-state index in [1.807, 2.05) is 14.1 Å². The summed E-state index contributed by atoms with van der Waals surface area (Å²) in [6, 6.07) is 0. The smallest absolute Gasteiger partial charge is 0.230 e. The molecule has 1 atom stereocenters. The van der Waals surface area contributed by atoms with Crippen LogP contribution in [0.5, 0.6) is 0 Å². The summed E-state index contributed by atoms with van der Waals surface area (Å²) in [6.45, 7) is 6.49. The van der Waals surface area contributed by atoms with Gasteiger partial charge in [0.05, 0.1) is 24.7 Å². The highest BCUT2D eigenvalue weighted by molar-refractivity contribution is 5.84. The van der Waals surface area contributed by atoms with Crippen LogP contribution < -0.4 is 10.6 Å². The number of aliphatic imine (C=N–C) groups is 1. The van der Waals surface area contributed by atoms with E-state index in [9.17, 15) is 4.79 Å². The minimum atomic E-state index is -0.323. The van der Waals surface area contributed by atoms with Crippen molar-refractivity contribution >= 4 is 11.9 Å². The molecule has 1 aliphatic carbocycles. The van der Waals surface area contributed by atoms with Crippen molar-refractivity contribution in [2.24, 2.45) is 10.4 Å². The Hall–Kier alpha value is -1.34. The van der Waals surface area contributed by atoms with Crippen LogP contribution in [0.2, 0.25) is 0 Å². The Labute approximate surface area is 164 Å². The van der Waals surface area contributed by atoms with E-state index in [0.29, 0.717) is 13.2 Å². The lowest BCUT2D eigenvalue weighted by molar-refractivity contribution is -0.138. The molecule has 2 N–H and O–H groups in total. The van der Waals surface area contributed by atoms with Crippen LogP contribution in [0.3, 0.4) is 0 Å². The SMILES string of the molecule is CCNC(=NCC1(C(=O)N(C)C)CCCC1)NCCCOCC1CCCO1. The summed E-state index contributed by atoms with van der Waals surface area (Å²) >= 11 is 0. The molecule has 2 aliphatic rings. The zero-order valence-electron chi connectivity index (χ0n) is 17.4. The predicted molar refractivity (Wildman–Crippen MR) is 108 cm³/mol. The maximum atomic E-state index is 12.7. The lowest BCUT2D eigenvalue weighted by Crippen LogP contribution is -2.43. The normalized spacial score (nSPS) is 22.0. The van der Waals surface area contributed by atoms with Gasteiger partial charge in [-0.2, -0.15) is 0 Å². The minimum absolute atomic E-state index is 0.210. The number of amides is 1. The molecular formula is C20H38N4O3. The predicted octanol–water partition coefficient (Wildman–Crippen LogP) is 1.78. The Morgan fingerprint density at radius 2 is 2.04 bits per heavy atom. The first-order valence-electron chi connectivity index (χ1n) is 10.5. The van der Waals surface area contributed by atoms with Crippen LogP contribution in [0.25, 0.3) is 0 Å². The minimum Gasteiger partial charge on any atom is -0.379 e. The number of nitrogens with zero attached hydrogens (tertiary/aromatic N) is 2. The molecule has 1 saturated heterocycles. The van der Waals surface area contributed by atoms with E-state index in [2.05, 4.69) is 17.6 Å². The Morgan fingerprint density at radius 3 is 2.67 bits per heavy atom. The van der Waals surface area contributed by atoms with Crippen LogP contribution in [0.4, 0.5) is 0 Å². The Balaban J connectivity index is 1.74. The maximum absolute atomic E-state index is 12.7. The first kappa shape index (κ1) is 22.0. The maximum Gasteiger partial charge on any atom is 0.230 e. The van der Waals surface area contributed by atoms with E-state index in [1.54, 1.807) is 4.90 Å². The van der Waals surface area contributed by atoms with Crippen molar-refractivity contribution < 1.29 is 14.3 Å². The molecule has 0 aromatic carbocycles. The number of nitrogens with one attached hydrogen (secondary N) is 2. The van der Waals surface area contributed by atoms with Crippen molar-refractivity contribution in [1.82, 2.24) is 15.5 Å². The van der Waals surface area contributed by atoms with Gasteiger partial charge in [-0.05, 0) is 39.0 Å². The number of hydrogen-bond donors (Lipinski definition) is 2. The van der Waals surface area contributed by atoms with Crippen molar-refractivity contribution in [2.75, 3.05) is 53.6 Å². The molecular weight excluding hydrogens is 344 g/mol. The van der Waals surface area contributed by atoms with Gasteiger partial charge in [0.15, 0.2) is 5.96 Å². The molecule has 27 heavy (non-hydrogen) atoms. The van der Waals surface area contributed by atoms with Gasteiger partial charge in [0, 0.05) is 40.4 Å². The molecule has 0 aromatic heterocycles. The first-order chi connectivity index (χ1) is 13.1. The molecule has 1 aliphatic heterocycles. The fourth-order valence-corrected chi connectivity index (χ4v) is 3.91. The zero-order valence-corrected chi connectivity index (χ0v) is 17.4. The zero-order chi connectivity index (χ0) is 19.5. The number of carbonyl (C=O) groups is 1. The third-order valence-corrected chi connectivity index (χ3v) is 5.39. The standard InChI is InChI=1S/C20H38N4O3/c1-4-21-19(22-12-8-13-26-15-17-9-7-14-27-17)23-16-20(10-5-6-11-20)18(25)24(2)3/h17H,4-16H2,1-3H3,(H2,21,22,23). The van der Waals surface area contributed by atoms with Crippen LogP contribution in [0.1, 0.15) is 51.9 Å². The summed E-state index contributed by atoms with van der Waals surface area (Å²) < 4.78 is 11.3. The summed E-state index contributed by atoms with van der Waals surface area (Å²) in [4.78, 5) is 19.1. The molecule has 1 heterocycles. The summed E-state index contributed by atoms with van der Waals surface area (Å²) in [6.07, 6.45) is 7.56. The molecule has 156 valence electrons. The number of hydrogen-bond acceptors (Lipinski definition) is 4. The van der Waals surface area contributed by atoms with Gasteiger partial charge in [0.1, 0.15) is 0 Å². The second-order valence-electron chi connectivity index (χ2n) is 7.87. The number of carbonyl (C=O) groups excluding carboxylic acids is 1. The summed E-state index contributed by atoms with van der Waals surface area (Å²) in [5, 5.41) is 6.64. The lowest BCUT2D eigenvalue weighted by atomic mass is 9.85. The van der Waals surface area contributed by atoms with Crippen molar-refractivity contribution in [2.45, 2.75) is 58.0 Å². The summed E-state index contributed by atoms with van der Waals surface area (Å²) in [7, 11) is 3.68. The van der Waals surface area contributed by atoms with E-state index in [0.717, 1.165) is 77.2 Å². The average Bonchev–Trinajstić information content (AvgIpc) is 3.34. The summed E-state index contributed by atoms with van der Waals surface area (Å²) in [5.41, 5.74) is -0.323. The molecule has 0 bridgehead atoms. The number of guanidine groups is 1. The van der Waals surface area contributed by atoms with Crippen molar-refractivity contribution in [3.63, 3.8) is 0 Å². The molecule has 7 nitrogen and oxygen atoms in total. The first-order valence-corrected chi connectivity index (χ1v) is 10.5. The third kappa shape index (κ3) is 6.96. The van der Waals surface area contributed by atoms with Gasteiger partial charge in [-0.1, -0.05) is 12.8 Å². The van der Waals surface area contributed by atoms with Crippen LogP contribution in [-0.4, -0.2) is 76.4 Å². The van der Waals surface area contributed by atoms with Gasteiger partial charge in [0.2, 0.25) is 5.91 Å². The van der Waals surface area contributed by atoms with E-state index in [1.165, 1.54) is 0 Å². The van der Waals surface area contributed by atoms with Crippen molar-refractivity contribution in [3.05, 3.63) is 0 Å². The molecule has 0 aromatic rings. The molecule has 7 heteroatoms. The van der Waals surface area contributed by atoms with Crippen LogP contribution in [-0.2, 0) is 14.3 Å². The number of ether oxygens (including phenoxy) is 2. The van der Waals surface area contributed by atoms with Gasteiger partial charge >= 0.3 is 0 Å². The second kappa shape index (κ2) is 11.5. The topological polar surface area (TPSA) is 75.2 Å². The van der Waals surface area contributed by atoms with Crippen LogP contribution in [0.15, 0.2) is 4.99 Å². The highest BCUT2D eigenvalue weighted by Crippen LogP contribution is 2.39. The Morgan fingerprint density at radius 1 is 1.26 bits per heavy atom. The quantitative estimate of drug-likeness (QED) is 0.342. The van der Waals surface area contributed by atoms with Crippen LogP contribution in [0, 0.1) is 5.41 Å². The van der Waals surface area contributed by atoms with Gasteiger partial charge in [-0.25, -0.2) is 0 Å². The number of rotatable bonds is 10. The molecule has 1 saturated carbocycles. The monoisotopic (exact) mass is 382 g/mol.